The normalized spacial score (nSPS) is 40.9. The summed E-state index contributed by atoms with van der Waals surface area (Å²) in [4.78, 5) is 29.2. The fourth-order valence-corrected chi connectivity index (χ4v) is 6.41. The topological polar surface area (TPSA) is 140 Å². The summed E-state index contributed by atoms with van der Waals surface area (Å²) in [5.74, 6) is -0.503. The lowest BCUT2D eigenvalue weighted by atomic mass is 9.61. The molecule has 0 saturated heterocycles. The van der Waals surface area contributed by atoms with E-state index in [1.54, 1.807) is 0 Å². The Bertz CT molecular complexity index is 987. The van der Waals surface area contributed by atoms with Crippen LogP contribution in [0.3, 0.4) is 0 Å². The highest BCUT2D eigenvalue weighted by Crippen LogP contribution is 2.48. The fraction of sp³-hybridized carbons (Fsp3) is 0.680. The molecule has 33 heavy (non-hydrogen) atoms. The number of carbonyl (C=O) groups is 1. The van der Waals surface area contributed by atoms with Crippen LogP contribution < -0.4 is 5.56 Å². The number of fused-ring (bicyclic) bond motifs is 1. The summed E-state index contributed by atoms with van der Waals surface area (Å²) >= 11 is 0. The van der Waals surface area contributed by atoms with E-state index in [0.29, 0.717) is 5.92 Å². The number of H-pyrrole nitrogens is 1. The molecule has 4 rings (SSSR count). The van der Waals surface area contributed by atoms with Crippen LogP contribution in [-0.2, 0) is 10.3 Å². The van der Waals surface area contributed by atoms with Gasteiger partial charge in [-0.1, -0.05) is 32.4 Å². The van der Waals surface area contributed by atoms with Crippen molar-refractivity contribution in [2.75, 3.05) is 7.11 Å². The smallest absolute Gasteiger partial charge is 0.262 e. The minimum Gasteiger partial charge on any atom is -0.507 e. The molecule has 5 N–H and O–H groups in total. The Balaban J connectivity index is 1.77. The molecule has 3 aliphatic carbocycles. The van der Waals surface area contributed by atoms with E-state index in [-0.39, 0.29) is 41.7 Å². The Labute approximate surface area is 193 Å². The zero-order valence-corrected chi connectivity index (χ0v) is 19.4. The van der Waals surface area contributed by atoms with Crippen molar-refractivity contribution in [2.45, 2.75) is 69.9 Å². The van der Waals surface area contributed by atoms with E-state index in [4.69, 9.17) is 4.74 Å². The molecule has 0 radical (unpaired) electrons. The number of carbonyl (C=O) groups excluding carboxylic acids is 1. The van der Waals surface area contributed by atoms with E-state index in [1.165, 1.54) is 13.3 Å². The molecule has 1 heterocycles. The second-order valence-electron chi connectivity index (χ2n) is 10.3. The quantitative estimate of drug-likeness (QED) is 0.340. The molecule has 1 aromatic heterocycles. The van der Waals surface area contributed by atoms with Crippen LogP contribution in [0.5, 0.6) is 5.75 Å². The van der Waals surface area contributed by atoms with Crippen molar-refractivity contribution in [1.82, 2.24) is 4.98 Å². The van der Waals surface area contributed by atoms with Gasteiger partial charge in [0, 0.05) is 24.8 Å². The molecule has 0 aliphatic heterocycles. The van der Waals surface area contributed by atoms with E-state index >= 15 is 0 Å². The van der Waals surface area contributed by atoms with E-state index in [9.17, 15) is 30.0 Å². The van der Waals surface area contributed by atoms with Gasteiger partial charge in [-0.3, -0.25) is 9.59 Å². The molecule has 2 saturated carbocycles. The highest BCUT2D eigenvalue weighted by molar-refractivity contribution is 6.00. The predicted molar refractivity (Wildman–Crippen MR) is 121 cm³/mol. The van der Waals surface area contributed by atoms with Crippen molar-refractivity contribution in [3.8, 4) is 5.75 Å². The summed E-state index contributed by atoms with van der Waals surface area (Å²) in [5.41, 5.74) is -2.58. The molecule has 182 valence electrons. The van der Waals surface area contributed by atoms with Gasteiger partial charge in [-0.2, -0.15) is 0 Å². The number of allylic oxidation sites excluding steroid dienone is 2. The number of methoxy groups -OCH3 is 1. The first-order valence-corrected chi connectivity index (χ1v) is 11.9. The lowest BCUT2D eigenvalue weighted by Gasteiger charge is -2.45. The number of nitrogens with one attached hydrogen (secondary N) is 1. The zero-order valence-electron chi connectivity index (χ0n) is 19.4. The Morgan fingerprint density at radius 2 is 1.88 bits per heavy atom. The van der Waals surface area contributed by atoms with E-state index in [0.717, 1.165) is 19.3 Å². The van der Waals surface area contributed by atoms with Crippen molar-refractivity contribution in [2.24, 2.45) is 29.6 Å². The zero-order chi connectivity index (χ0) is 24.1. The number of hydrogen-bond acceptors (Lipinski definition) is 7. The number of aromatic nitrogens is 1. The molecule has 9 unspecified atom stereocenters. The number of pyridine rings is 1. The van der Waals surface area contributed by atoms with Gasteiger partial charge in [0.1, 0.15) is 29.1 Å². The lowest BCUT2D eigenvalue weighted by molar-refractivity contribution is -0.203. The summed E-state index contributed by atoms with van der Waals surface area (Å²) < 4.78 is 5.59. The van der Waals surface area contributed by atoms with Crippen LogP contribution in [0.2, 0.25) is 0 Å². The third-order valence-corrected chi connectivity index (χ3v) is 8.35. The molecule has 0 amide bonds. The van der Waals surface area contributed by atoms with Crippen molar-refractivity contribution < 1.29 is 30.0 Å². The van der Waals surface area contributed by atoms with E-state index in [2.05, 4.69) is 18.0 Å². The van der Waals surface area contributed by atoms with E-state index < -0.39 is 46.9 Å². The Morgan fingerprint density at radius 3 is 2.58 bits per heavy atom. The van der Waals surface area contributed by atoms with Crippen LogP contribution in [0.4, 0.5) is 0 Å². The number of hydrogen-bond donors (Lipinski definition) is 5. The van der Waals surface area contributed by atoms with Gasteiger partial charge in [0.25, 0.3) is 5.56 Å². The summed E-state index contributed by atoms with van der Waals surface area (Å²) in [6.45, 7) is 4.17. The third kappa shape index (κ3) is 3.87. The van der Waals surface area contributed by atoms with E-state index in [1.807, 2.05) is 13.0 Å². The Kier molecular flexibility index (Phi) is 6.57. The van der Waals surface area contributed by atoms with Gasteiger partial charge in [-0.05, 0) is 49.4 Å². The second kappa shape index (κ2) is 8.98. The first kappa shape index (κ1) is 24.1. The molecule has 8 nitrogen and oxygen atoms in total. The average Bonchev–Trinajstić information content (AvgIpc) is 2.78. The molecule has 3 aliphatic rings. The van der Waals surface area contributed by atoms with Crippen molar-refractivity contribution in [3.63, 3.8) is 0 Å². The number of ketones is 1. The van der Waals surface area contributed by atoms with Crippen LogP contribution in [-0.4, -0.2) is 56.6 Å². The van der Waals surface area contributed by atoms with Gasteiger partial charge in [0.05, 0.1) is 6.10 Å². The number of aromatic hydroxyl groups is 1. The van der Waals surface area contributed by atoms with Gasteiger partial charge < -0.3 is 30.1 Å². The highest BCUT2D eigenvalue weighted by atomic mass is 16.5. The minimum absolute atomic E-state index is 0.0271. The number of aliphatic hydroxyl groups excluding tert-OH is 3. The second-order valence-corrected chi connectivity index (χ2v) is 10.3. The Morgan fingerprint density at radius 1 is 1.15 bits per heavy atom. The number of aliphatic hydroxyl groups is 3. The maximum absolute atomic E-state index is 13.8. The van der Waals surface area contributed by atoms with Crippen molar-refractivity contribution in [1.29, 1.82) is 0 Å². The number of ether oxygens (including phenoxy) is 1. The molecular formula is C25H35NO7. The molecule has 0 spiro atoms. The standard InChI is InChI=1S/C25H35NO7/c1-12-4-7-15-14(10-12)6-5-13(2)18(15)22(30)19-20(28)16(11-26-24(19)32)25(33-3)9-8-17(27)21(29)23(25)31/h5-6,11-15,17-18,21,23,27,29,31H,4,7-10H2,1-3H3,(H2,26,28,32). The summed E-state index contributed by atoms with van der Waals surface area (Å²) in [6, 6.07) is 0. The minimum atomic E-state index is -1.58. The maximum Gasteiger partial charge on any atom is 0.262 e. The maximum atomic E-state index is 13.8. The first-order valence-electron chi connectivity index (χ1n) is 11.9. The van der Waals surface area contributed by atoms with Crippen molar-refractivity contribution >= 4 is 5.78 Å². The summed E-state index contributed by atoms with van der Waals surface area (Å²) in [6.07, 6.45) is 4.35. The molecule has 0 bridgehead atoms. The molecule has 9 atom stereocenters. The number of rotatable bonds is 4. The van der Waals surface area contributed by atoms with Crippen LogP contribution >= 0.6 is 0 Å². The van der Waals surface area contributed by atoms with Crippen LogP contribution in [0.1, 0.15) is 61.9 Å². The third-order valence-electron chi connectivity index (χ3n) is 8.35. The van der Waals surface area contributed by atoms with Crippen molar-refractivity contribution in [3.05, 3.63) is 39.8 Å². The lowest BCUT2D eigenvalue weighted by Crippen LogP contribution is -2.56. The monoisotopic (exact) mass is 461 g/mol. The highest BCUT2D eigenvalue weighted by Gasteiger charge is 2.52. The van der Waals surface area contributed by atoms with Crippen LogP contribution in [0.25, 0.3) is 0 Å². The molecule has 1 aromatic rings. The first-order chi connectivity index (χ1) is 15.6. The van der Waals surface area contributed by atoms with Crippen LogP contribution in [0.15, 0.2) is 23.1 Å². The SMILES string of the molecule is COC1(c2c[nH]c(=O)c(C(=O)C3C(C)C=CC4CC(C)CCC43)c2O)CCC(O)C(O)C1O. The predicted octanol–water partition coefficient (Wildman–Crippen LogP) is 1.86. The molecular weight excluding hydrogens is 426 g/mol. The largest absolute Gasteiger partial charge is 0.507 e. The fourth-order valence-electron chi connectivity index (χ4n) is 6.41. The van der Waals surface area contributed by atoms with Gasteiger partial charge in [0.2, 0.25) is 0 Å². The number of aromatic amines is 1. The molecule has 2 fully saturated rings. The Hall–Kier alpha value is -2.00. The number of Topliss-reactive ketones (excluding diaryl/α,β-unsaturated/α-hetero) is 1. The summed E-state index contributed by atoms with van der Waals surface area (Å²) in [5, 5.41) is 42.2. The summed E-state index contributed by atoms with van der Waals surface area (Å²) in [7, 11) is 1.32. The van der Waals surface area contributed by atoms with Gasteiger partial charge in [-0.15, -0.1) is 0 Å². The van der Waals surface area contributed by atoms with Crippen LogP contribution in [0, 0.1) is 29.6 Å². The van der Waals surface area contributed by atoms with Gasteiger partial charge >= 0.3 is 0 Å². The molecule has 0 aromatic carbocycles. The van der Waals surface area contributed by atoms with Gasteiger partial charge in [-0.25, -0.2) is 0 Å². The molecule has 8 heteroatoms. The average molecular weight is 462 g/mol. The van der Waals surface area contributed by atoms with Gasteiger partial charge in [0.15, 0.2) is 5.78 Å².